The van der Waals surface area contributed by atoms with Crippen LogP contribution in [0.4, 0.5) is 14.5 Å². The van der Waals surface area contributed by atoms with Gasteiger partial charge in [-0.1, -0.05) is 0 Å². The molecule has 0 fully saturated rings. The summed E-state index contributed by atoms with van der Waals surface area (Å²) in [5, 5.41) is 6.83. The van der Waals surface area contributed by atoms with Crippen LogP contribution in [0.25, 0.3) is 5.13 Å². The van der Waals surface area contributed by atoms with Crippen molar-refractivity contribution in [3.8, 4) is 5.13 Å². The molecular weight excluding hydrogens is 318 g/mol. The van der Waals surface area contributed by atoms with Gasteiger partial charge in [0.15, 0.2) is 10.9 Å². The highest BCUT2D eigenvalue weighted by Crippen LogP contribution is 2.21. The molecule has 0 aliphatic carbocycles. The normalized spacial score (nSPS) is 11.3. The Bertz CT molecular complexity index is 853. The van der Waals surface area contributed by atoms with E-state index in [2.05, 4.69) is 15.5 Å². The van der Waals surface area contributed by atoms with Crippen LogP contribution < -0.4 is 5.43 Å². The summed E-state index contributed by atoms with van der Waals surface area (Å²) in [6.45, 7) is 3.95. The molecular formula is C16H14F2N4S. The predicted octanol–water partition coefficient (Wildman–Crippen LogP) is 4.27. The molecule has 0 amide bonds. The fourth-order valence-electron chi connectivity index (χ4n) is 2.29. The lowest BCUT2D eigenvalue weighted by Crippen LogP contribution is -1.99. The molecule has 2 heterocycles. The fraction of sp³-hybridized carbons (Fsp3) is 0.125. The van der Waals surface area contributed by atoms with Gasteiger partial charge in [0, 0.05) is 34.6 Å². The number of aromatic nitrogens is 2. The molecule has 0 spiro atoms. The van der Waals surface area contributed by atoms with Crippen molar-refractivity contribution >= 4 is 23.2 Å². The van der Waals surface area contributed by atoms with E-state index in [1.807, 2.05) is 29.9 Å². The third-order valence-corrected chi connectivity index (χ3v) is 4.16. The van der Waals surface area contributed by atoms with Gasteiger partial charge in [-0.25, -0.2) is 13.8 Å². The molecule has 4 nitrogen and oxygen atoms in total. The monoisotopic (exact) mass is 332 g/mol. The van der Waals surface area contributed by atoms with Crippen molar-refractivity contribution < 1.29 is 8.78 Å². The standard InChI is InChI=1S/C16H14F2N4S/c1-10-7-12(11(2)22(10)16-19-5-6-23-16)9-20-21-15-4-3-13(17)8-14(15)18/h3-9,21H,1-2H3/b20-9-. The Labute approximate surface area is 136 Å². The lowest BCUT2D eigenvalue weighted by molar-refractivity contribution is 0.585. The molecule has 0 unspecified atom stereocenters. The van der Waals surface area contributed by atoms with Crippen LogP contribution >= 0.6 is 11.3 Å². The maximum atomic E-state index is 13.5. The number of thiazole rings is 1. The Morgan fingerprint density at radius 1 is 1.26 bits per heavy atom. The van der Waals surface area contributed by atoms with Crippen molar-refractivity contribution in [2.24, 2.45) is 5.10 Å². The number of hydrogen-bond donors (Lipinski definition) is 1. The topological polar surface area (TPSA) is 42.2 Å². The molecule has 1 aromatic carbocycles. The molecule has 2 aromatic heterocycles. The van der Waals surface area contributed by atoms with E-state index in [4.69, 9.17) is 0 Å². The molecule has 23 heavy (non-hydrogen) atoms. The number of hydrazone groups is 1. The first-order chi connectivity index (χ1) is 11.1. The molecule has 1 N–H and O–H groups in total. The SMILES string of the molecule is Cc1cc(/C=N\Nc2ccc(F)cc2F)c(C)n1-c1nccs1. The number of aryl methyl sites for hydroxylation is 1. The second-order valence-corrected chi connectivity index (χ2v) is 5.84. The molecule has 0 aliphatic heterocycles. The van der Waals surface area contributed by atoms with Gasteiger partial charge in [0.05, 0.1) is 11.9 Å². The number of benzene rings is 1. The van der Waals surface area contributed by atoms with E-state index in [-0.39, 0.29) is 5.69 Å². The summed E-state index contributed by atoms with van der Waals surface area (Å²) in [5.74, 6) is -1.31. The zero-order chi connectivity index (χ0) is 16.4. The van der Waals surface area contributed by atoms with E-state index in [1.54, 1.807) is 23.7 Å². The third-order valence-electron chi connectivity index (χ3n) is 3.40. The smallest absolute Gasteiger partial charge is 0.193 e. The van der Waals surface area contributed by atoms with E-state index in [0.717, 1.165) is 28.1 Å². The average Bonchev–Trinajstić information content (AvgIpc) is 3.10. The van der Waals surface area contributed by atoms with Crippen LogP contribution in [0.1, 0.15) is 17.0 Å². The first-order valence-corrected chi connectivity index (χ1v) is 7.77. The molecule has 0 saturated heterocycles. The summed E-state index contributed by atoms with van der Waals surface area (Å²) in [6, 6.07) is 5.27. The largest absolute Gasteiger partial charge is 0.294 e. The molecule has 0 saturated carbocycles. The van der Waals surface area contributed by atoms with Crippen molar-refractivity contribution in [1.29, 1.82) is 0 Å². The molecule has 7 heteroatoms. The Morgan fingerprint density at radius 3 is 2.78 bits per heavy atom. The minimum atomic E-state index is -0.685. The molecule has 0 bridgehead atoms. The molecule has 0 aliphatic rings. The highest BCUT2D eigenvalue weighted by atomic mass is 32.1. The summed E-state index contributed by atoms with van der Waals surface area (Å²) in [7, 11) is 0. The Kier molecular flexibility index (Phi) is 4.20. The van der Waals surface area contributed by atoms with Crippen LogP contribution in [0.5, 0.6) is 0 Å². The number of rotatable bonds is 4. The maximum Gasteiger partial charge on any atom is 0.193 e. The summed E-state index contributed by atoms with van der Waals surface area (Å²) >= 11 is 1.55. The minimum absolute atomic E-state index is 0.122. The van der Waals surface area contributed by atoms with Crippen molar-refractivity contribution in [1.82, 2.24) is 9.55 Å². The van der Waals surface area contributed by atoms with Gasteiger partial charge >= 0.3 is 0 Å². The number of hydrogen-bond acceptors (Lipinski definition) is 4. The van der Waals surface area contributed by atoms with Crippen LogP contribution in [0.15, 0.2) is 40.9 Å². The summed E-state index contributed by atoms with van der Waals surface area (Å²) in [5.41, 5.74) is 5.63. The van der Waals surface area contributed by atoms with E-state index in [9.17, 15) is 8.78 Å². The van der Waals surface area contributed by atoms with Crippen LogP contribution in [-0.2, 0) is 0 Å². The second-order valence-electron chi connectivity index (χ2n) is 4.97. The highest BCUT2D eigenvalue weighted by molar-refractivity contribution is 7.12. The van der Waals surface area contributed by atoms with E-state index < -0.39 is 11.6 Å². The number of nitrogens with zero attached hydrogens (tertiary/aromatic N) is 3. The van der Waals surface area contributed by atoms with E-state index in [1.165, 1.54) is 12.1 Å². The van der Waals surface area contributed by atoms with Crippen LogP contribution in [-0.4, -0.2) is 15.8 Å². The summed E-state index contributed by atoms with van der Waals surface area (Å²) < 4.78 is 28.4. The van der Waals surface area contributed by atoms with Crippen molar-refractivity contribution in [2.45, 2.75) is 13.8 Å². The fourth-order valence-corrected chi connectivity index (χ4v) is 3.04. The van der Waals surface area contributed by atoms with Gasteiger partial charge in [0.1, 0.15) is 5.82 Å². The molecule has 3 rings (SSSR count). The van der Waals surface area contributed by atoms with Crippen molar-refractivity contribution in [3.63, 3.8) is 0 Å². The quantitative estimate of drug-likeness (QED) is 0.572. The molecule has 0 atom stereocenters. The van der Waals surface area contributed by atoms with Gasteiger partial charge in [-0.2, -0.15) is 5.10 Å². The summed E-state index contributed by atoms with van der Waals surface area (Å²) in [6.07, 6.45) is 3.36. The number of anilines is 1. The summed E-state index contributed by atoms with van der Waals surface area (Å²) in [4.78, 5) is 4.31. The van der Waals surface area contributed by atoms with Crippen LogP contribution in [0, 0.1) is 25.5 Å². The van der Waals surface area contributed by atoms with Crippen LogP contribution in [0.2, 0.25) is 0 Å². The zero-order valence-electron chi connectivity index (χ0n) is 12.5. The van der Waals surface area contributed by atoms with Gasteiger partial charge in [-0.3, -0.25) is 9.99 Å². The highest BCUT2D eigenvalue weighted by Gasteiger charge is 2.11. The van der Waals surface area contributed by atoms with E-state index in [0.29, 0.717) is 0 Å². The van der Waals surface area contributed by atoms with Crippen LogP contribution in [0.3, 0.4) is 0 Å². The molecule has 0 radical (unpaired) electrons. The number of halogens is 2. The Hall–Kier alpha value is -2.54. The zero-order valence-corrected chi connectivity index (χ0v) is 13.4. The van der Waals surface area contributed by atoms with Crippen molar-refractivity contribution in [3.05, 3.63) is 64.4 Å². The second kappa shape index (κ2) is 6.29. The van der Waals surface area contributed by atoms with Gasteiger partial charge in [0.25, 0.3) is 0 Å². The first-order valence-electron chi connectivity index (χ1n) is 6.89. The first kappa shape index (κ1) is 15.4. The van der Waals surface area contributed by atoms with Gasteiger partial charge in [-0.15, -0.1) is 11.3 Å². The average molecular weight is 332 g/mol. The van der Waals surface area contributed by atoms with Gasteiger partial charge in [-0.05, 0) is 32.0 Å². The Morgan fingerprint density at radius 2 is 2.09 bits per heavy atom. The Balaban J connectivity index is 1.82. The molecule has 3 aromatic rings. The maximum absolute atomic E-state index is 13.5. The van der Waals surface area contributed by atoms with Gasteiger partial charge < -0.3 is 0 Å². The minimum Gasteiger partial charge on any atom is -0.294 e. The third kappa shape index (κ3) is 3.14. The number of nitrogens with one attached hydrogen (secondary N) is 1. The lowest BCUT2D eigenvalue weighted by Gasteiger charge is -2.04. The lowest BCUT2D eigenvalue weighted by atomic mass is 10.3. The van der Waals surface area contributed by atoms with Gasteiger partial charge in [0.2, 0.25) is 0 Å². The van der Waals surface area contributed by atoms with Crippen molar-refractivity contribution in [2.75, 3.05) is 5.43 Å². The molecule has 118 valence electrons. The van der Waals surface area contributed by atoms with E-state index >= 15 is 0 Å². The predicted molar refractivity (Wildman–Crippen MR) is 88.5 cm³/mol.